The fourth-order valence-electron chi connectivity index (χ4n) is 3.97. The fourth-order valence-corrected chi connectivity index (χ4v) is 3.97. The Morgan fingerprint density at radius 2 is 2.13 bits per heavy atom. The van der Waals surface area contributed by atoms with Crippen LogP contribution < -0.4 is 4.90 Å². The quantitative estimate of drug-likeness (QED) is 0.835. The molecule has 0 bridgehead atoms. The van der Waals surface area contributed by atoms with E-state index in [-0.39, 0.29) is 0 Å². The van der Waals surface area contributed by atoms with Gasteiger partial charge in [0, 0.05) is 25.2 Å². The normalized spacial score (nSPS) is 28.1. The lowest BCUT2D eigenvalue weighted by molar-refractivity contribution is 0.188. The Balaban J connectivity index is 1.44. The van der Waals surface area contributed by atoms with Crippen LogP contribution in [0, 0.1) is 11.7 Å². The van der Waals surface area contributed by atoms with Gasteiger partial charge in [0.2, 0.25) is 5.95 Å². The van der Waals surface area contributed by atoms with Crippen molar-refractivity contribution in [2.24, 2.45) is 5.92 Å². The molecule has 2 aromatic heterocycles. The van der Waals surface area contributed by atoms with E-state index in [1.54, 1.807) is 12.7 Å². The lowest BCUT2D eigenvalue weighted by Gasteiger charge is -2.37. The Kier molecular flexibility index (Phi) is 3.68. The van der Waals surface area contributed by atoms with Gasteiger partial charge in [-0.1, -0.05) is 0 Å². The molecular formula is C15H20FN7. The number of halogens is 1. The molecule has 2 fully saturated rings. The third-order valence-corrected chi connectivity index (χ3v) is 5.12. The van der Waals surface area contributed by atoms with Crippen molar-refractivity contribution in [2.45, 2.75) is 31.5 Å². The first-order valence-corrected chi connectivity index (χ1v) is 7.97. The maximum Gasteiger partial charge on any atom is 0.225 e. The highest BCUT2D eigenvalue weighted by Crippen LogP contribution is 2.35. The molecular weight excluding hydrogens is 297 g/mol. The molecule has 0 spiro atoms. The van der Waals surface area contributed by atoms with Gasteiger partial charge >= 0.3 is 0 Å². The zero-order chi connectivity index (χ0) is 15.8. The van der Waals surface area contributed by atoms with Crippen LogP contribution in [0.5, 0.6) is 0 Å². The molecule has 3 atom stereocenters. The molecule has 8 heteroatoms. The van der Waals surface area contributed by atoms with Crippen molar-refractivity contribution in [3.8, 4) is 0 Å². The van der Waals surface area contributed by atoms with Crippen LogP contribution in [0.4, 0.5) is 10.3 Å². The Hall–Kier alpha value is -2.09. The van der Waals surface area contributed by atoms with E-state index in [0.717, 1.165) is 32.5 Å². The van der Waals surface area contributed by atoms with Gasteiger partial charge in [-0.25, -0.2) is 19.3 Å². The van der Waals surface area contributed by atoms with Gasteiger partial charge in [0.15, 0.2) is 5.82 Å². The highest BCUT2D eigenvalue weighted by molar-refractivity contribution is 5.30. The van der Waals surface area contributed by atoms with E-state index in [2.05, 4.69) is 36.9 Å². The first kappa shape index (κ1) is 14.5. The molecule has 2 saturated heterocycles. The number of anilines is 1. The third-order valence-electron chi connectivity index (χ3n) is 5.12. The summed E-state index contributed by atoms with van der Waals surface area (Å²) in [4.78, 5) is 16.9. The second kappa shape index (κ2) is 5.84. The van der Waals surface area contributed by atoms with Crippen LogP contribution in [0.25, 0.3) is 0 Å². The molecule has 0 aliphatic carbocycles. The minimum absolute atomic E-state index is 0.392. The number of nitrogens with zero attached hydrogens (tertiary/aromatic N) is 7. The Morgan fingerprint density at radius 1 is 1.30 bits per heavy atom. The topological polar surface area (TPSA) is 63.0 Å². The maximum absolute atomic E-state index is 13.0. The molecule has 0 radical (unpaired) electrons. The van der Waals surface area contributed by atoms with Crippen molar-refractivity contribution in [2.75, 3.05) is 25.0 Å². The summed E-state index contributed by atoms with van der Waals surface area (Å²) in [5.74, 6) is 0.820. The molecule has 2 aliphatic heterocycles. The number of hydrogen-bond donors (Lipinski definition) is 0. The second-order valence-corrected chi connectivity index (χ2v) is 6.44. The third kappa shape index (κ3) is 2.78. The van der Waals surface area contributed by atoms with Crippen molar-refractivity contribution in [1.82, 2.24) is 29.6 Å². The smallest absolute Gasteiger partial charge is 0.225 e. The van der Waals surface area contributed by atoms with E-state index in [4.69, 9.17) is 0 Å². The molecule has 0 aromatic carbocycles. The van der Waals surface area contributed by atoms with Crippen LogP contribution >= 0.6 is 0 Å². The fraction of sp³-hybridized carbons (Fsp3) is 0.600. The van der Waals surface area contributed by atoms with Crippen molar-refractivity contribution in [3.63, 3.8) is 0 Å². The molecule has 4 heterocycles. The molecule has 23 heavy (non-hydrogen) atoms. The van der Waals surface area contributed by atoms with Crippen LogP contribution in [0.15, 0.2) is 25.0 Å². The van der Waals surface area contributed by atoms with Gasteiger partial charge in [0.1, 0.15) is 12.7 Å². The SMILES string of the molecule is CN1C2CCN(c3ncc(F)cn3)CC2C[C@H]1Cn1cncn1. The van der Waals surface area contributed by atoms with Gasteiger partial charge in [-0.15, -0.1) is 0 Å². The molecule has 2 unspecified atom stereocenters. The lowest BCUT2D eigenvalue weighted by atomic mass is 9.92. The number of aromatic nitrogens is 5. The van der Waals surface area contributed by atoms with Crippen molar-refractivity contribution < 1.29 is 4.39 Å². The molecule has 0 saturated carbocycles. The summed E-state index contributed by atoms with van der Waals surface area (Å²) in [7, 11) is 2.20. The van der Waals surface area contributed by atoms with E-state index in [0.29, 0.717) is 23.9 Å². The van der Waals surface area contributed by atoms with Crippen LogP contribution in [-0.4, -0.2) is 61.9 Å². The predicted molar refractivity (Wildman–Crippen MR) is 82.3 cm³/mol. The summed E-state index contributed by atoms with van der Waals surface area (Å²) in [5.41, 5.74) is 0. The average Bonchev–Trinajstić information content (AvgIpc) is 3.17. The Bertz CT molecular complexity index is 644. The number of fused-ring (bicyclic) bond motifs is 1. The summed E-state index contributed by atoms with van der Waals surface area (Å²) < 4.78 is 14.9. The Morgan fingerprint density at radius 3 is 2.87 bits per heavy atom. The van der Waals surface area contributed by atoms with Gasteiger partial charge in [-0.05, 0) is 25.8 Å². The highest BCUT2D eigenvalue weighted by Gasteiger charge is 2.42. The lowest BCUT2D eigenvalue weighted by Crippen LogP contribution is -2.46. The molecule has 7 nitrogen and oxygen atoms in total. The number of piperidine rings is 1. The molecule has 0 N–H and O–H groups in total. The van der Waals surface area contributed by atoms with Gasteiger partial charge in [-0.3, -0.25) is 9.58 Å². The minimum atomic E-state index is -0.392. The summed E-state index contributed by atoms with van der Waals surface area (Å²) in [6.45, 7) is 2.71. The van der Waals surface area contributed by atoms with Crippen LogP contribution in [-0.2, 0) is 6.54 Å². The number of likely N-dealkylation sites (tertiary alicyclic amines) is 1. The summed E-state index contributed by atoms with van der Waals surface area (Å²) >= 11 is 0. The first-order valence-electron chi connectivity index (χ1n) is 7.97. The summed E-state index contributed by atoms with van der Waals surface area (Å²) in [6, 6.07) is 1.06. The van der Waals surface area contributed by atoms with Gasteiger partial charge in [-0.2, -0.15) is 5.10 Å². The predicted octanol–water partition coefficient (Wildman–Crippen LogP) is 0.806. The van der Waals surface area contributed by atoms with Crippen molar-refractivity contribution in [3.05, 3.63) is 30.9 Å². The second-order valence-electron chi connectivity index (χ2n) is 6.44. The van der Waals surface area contributed by atoms with E-state index in [9.17, 15) is 4.39 Å². The van der Waals surface area contributed by atoms with Crippen LogP contribution in [0.1, 0.15) is 12.8 Å². The van der Waals surface area contributed by atoms with E-state index >= 15 is 0 Å². The molecule has 122 valence electrons. The molecule has 2 aromatic rings. The maximum atomic E-state index is 13.0. The number of likely N-dealkylation sites (N-methyl/N-ethyl adjacent to an activating group) is 1. The average molecular weight is 317 g/mol. The van der Waals surface area contributed by atoms with E-state index in [1.165, 1.54) is 12.4 Å². The minimum Gasteiger partial charge on any atom is -0.340 e. The van der Waals surface area contributed by atoms with Crippen molar-refractivity contribution in [1.29, 1.82) is 0 Å². The summed E-state index contributed by atoms with van der Waals surface area (Å²) in [6.07, 6.45) is 8.03. The van der Waals surface area contributed by atoms with Gasteiger partial charge in [0.25, 0.3) is 0 Å². The monoisotopic (exact) mass is 317 g/mol. The van der Waals surface area contributed by atoms with Gasteiger partial charge in [0.05, 0.1) is 18.9 Å². The molecule has 2 aliphatic rings. The van der Waals surface area contributed by atoms with Gasteiger partial charge < -0.3 is 4.90 Å². The van der Waals surface area contributed by atoms with Crippen molar-refractivity contribution >= 4 is 5.95 Å². The molecule has 4 rings (SSSR count). The van der Waals surface area contributed by atoms with Crippen LogP contribution in [0.3, 0.4) is 0 Å². The zero-order valence-electron chi connectivity index (χ0n) is 13.1. The Labute approximate surface area is 134 Å². The van der Waals surface area contributed by atoms with E-state index in [1.807, 2.05) is 4.68 Å². The zero-order valence-corrected chi connectivity index (χ0v) is 13.1. The first-order chi connectivity index (χ1) is 11.2. The van der Waals surface area contributed by atoms with Crippen LogP contribution in [0.2, 0.25) is 0 Å². The van der Waals surface area contributed by atoms with E-state index < -0.39 is 5.82 Å². The molecule has 0 amide bonds. The largest absolute Gasteiger partial charge is 0.340 e. The standard InChI is InChI=1S/C15H20FN7/c1-21-13(8-23-10-17-9-20-23)4-11-7-22(3-2-14(11)21)15-18-5-12(16)6-19-15/h5-6,9-11,13-14H,2-4,7-8H2,1H3/t11?,13-,14?/m0/s1. The number of rotatable bonds is 3. The highest BCUT2D eigenvalue weighted by atomic mass is 19.1. The number of hydrogen-bond acceptors (Lipinski definition) is 6. The summed E-state index contributed by atoms with van der Waals surface area (Å²) in [5, 5.41) is 4.22.